The third-order valence-electron chi connectivity index (χ3n) is 5.36. The molecule has 0 spiro atoms. The third-order valence-corrected chi connectivity index (χ3v) is 5.36. The van der Waals surface area contributed by atoms with E-state index < -0.39 is 0 Å². The first kappa shape index (κ1) is 21.2. The lowest BCUT2D eigenvalue weighted by Gasteiger charge is -2.15. The van der Waals surface area contributed by atoms with E-state index in [1.54, 1.807) is 7.11 Å². The number of hydrogen-bond donors (Lipinski definition) is 0. The molecule has 2 aliphatic rings. The quantitative estimate of drug-likeness (QED) is 0.759. The van der Waals surface area contributed by atoms with Crippen LogP contribution in [0.2, 0.25) is 0 Å². The van der Waals surface area contributed by atoms with E-state index in [9.17, 15) is 4.79 Å². The number of nitrogens with zero attached hydrogens (tertiary/aromatic N) is 2. The van der Waals surface area contributed by atoms with Crippen LogP contribution in [0.5, 0.6) is 11.5 Å². The van der Waals surface area contributed by atoms with Crippen molar-refractivity contribution >= 4 is 5.91 Å². The molecular weight excluding hydrogens is 364 g/mol. The van der Waals surface area contributed by atoms with Crippen LogP contribution in [0.15, 0.2) is 48.5 Å². The molecule has 2 aliphatic heterocycles. The number of amides is 1. The van der Waals surface area contributed by atoms with E-state index in [0.717, 1.165) is 48.6 Å². The molecule has 0 saturated carbocycles. The molecule has 5 nitrogen and oxygen atoms in total. The summed E-state index contributed by atoms with van der Waals surface area (Å²) in [5, 5.41) is 0. The average molecular weight is 397 g/mol. The molecule has 2 fully saturated rings. The molecule has 29 heavy (non-hydrogen) atoms. The van der Waals surface area contributed by atoms with Gasteiger partial charge in [-0.3, -0.25) is 4.79 Å². The number of carbonyl (C=O) groups is 1. The smallest absolute Gasteiger partial charge is 0.253 e. The van der Waals surface area contributed by atoms with Crippen molar-refractivity contribution in [1.82, 2.24) is 9.80 Å². The van der Waals surface area contributed by atoms with Gasteiger partial charge in [-0.05, 0) is 87.8 Å². The summed E-state index contributed by atoms with van der Waals surface area (Å²) in [7, 11) is 3.82. The van der Waals surface area contributed by atoms with Crippen molar-refractivity contribution in [2.75, 3.05) is 40.3 Å². The van der Waals surface area contributed by atoms with Crippen LogP contribution in [0.25, 0.3) is 0 Å². The zero-order valence-corrected chi connectivity index (χ0v) is 17.6. The van der Waals surface area contributed by atoms with Crippen LogP contribution in [-0.2, 0) is 6.61 Å². The van der Waals surface area contributed by atoms with Crippen LogP contribution in [-0.4, -0.2) is 56.0 Å². The Bertz CT molecular complexity index is 764. The second-order valence-corrected chi connectivity index (χ2v) is 7.67. The zero-order chi connectivity index (χ0) is 20.5. The summed E-state index contributed by atoms with van der Waals surface area (Å²) in [5.74, 6) is 1.69. The molecule has 5 heteroatoms. The lowest BCUT2D eigenvalue weighted by molar-refractivity contribution is 0.0793. The lowest BCUT2D eigenvalue weighted by atomic mass is 10.2. The van der Waals surface area contributed by atoms with Crippen molar-refractivity contribution in [3.63, 3.8) is 0 Å². The summed E-state index contributed by atoms with van der Waals surface area (Å²) < 4.78 is 11.0. The highest BCUT2D eigenvalue weighted by molar-refractivity contribution is 5.94. The summed E-state index contributed by atoms with van der Waals surface area (Å²) >= 11 is 0. The zero-order valence-electron chi connectivity index (χ0n) is 17.6. The molecule has 156 valence electrons. The number of hydrogen-bond acceptors (Lipinski definition) is 4. The fourth-order valence-corrected chi connectivity index (χ4v) is 3.60. The molecule has 2 heterocycles. The van der Waals surface area contributed by atoms with Crippen molar-refractivity contribution in [2.45, 2.75) is 32.3 Å². The Kier molecular flexibility index (Phi) is 7.94. The molecule has 2 saturated heterocycles. The monoisotopic (exact) mass is 396 g/mol. The summed E-state index contributed by atoms with van der Waals surface area (Å²) in [6.45, 7) is 4.84. The maximum atomic E-state index is 12.3. The maximum absolute atomic E-state index is 12.3. The minimum atomic E-state index is 0.113. The van der Waals surface area contributed by atoms with E-state index in [1.807, 2.05) is 53.4 Å². The molecule has 0 atom stereocenters. The van der Waals surface area contributed by atoms with Gasteiger partial charge in [0.25, 0.3) is 5.91 Å². The molecule has 0 aromatic heterocycles. The standard InChI is InChI=1S/C19H21NO3.C5H11N/c1-22-18-6-4-5-15(13-18)14-23-17-9-7-16(8-10-17)19(21)20-11-2-3-12-20;1-6-4-2-3-5-6/h4-10,13H,2-3,11-12,14H2,1H3;2-5H2,1H3. The predicted molar refractivity (Wildman–Crippen MR) is 116 cm³/mol. The maximum Gasteiger partial charge on any atom is 0.253 e. The molecular formula is C24H32N2O3. The number of methoxy groups -OCH3 is 1. The fourth-order valence-electron chi connectivity index (χ4n) is 3.60. The van der Waals surface area contributed by atoms with Gasteiger partial charge in [0.1, 0.15) is 18.1 Å². The second-order valence-electron chi connectivity index (χ2n) is 7.67. The van der Waals surface area contributed by atoms with Crippen molar-refractivity contribution in [3.8, 4) is 11.5 Å². The van der Waals surface area contributed by atoms with Gasteiger partial charge in [0, 0.05) is 18.7 Å². The van der Waals surface area contributed by atoms with Crippen LogP contribution >= 0.6 is 0 Å². The minimum Gasteiger partial charge on any atom is -0.497 e. The number of benzene rings is 2. The average Bonchev–Trinajstić information content (AvgIpc) is 3.47. The molecule has 0 bridgehead atoms. The minimum absolute atomic E-state index is 0.113. The fraction of sp³-hybridized carbons (Fsp3) is 0.458. The van der Waals surface area contributed by atoms with E-state index in [1.165, 1.54) is 25.9 Å². The summed E-state index contributed by atoms with van der Waals surface area (Å²) in [6, 6.07) is 15.2. The molecule has 0 unspecified atom stereocenters. The van der Waals surface area contributed by atoms with E-state index in [0.29, 0.717) is 6.61 Å². The Morgan fingerprint density at radius 2 is 1.55 bits per heavy atom. The molecule has 2 aromatic carbocycles. The number of carbonyl (C=O) groups excluding carboxylic acids is 1. The Morgan fingerprint density at radius 1 is 0.897 bits per heavy atom. The predicted octanol–water partition coefficient (Wildman–Crippen LogP) is 4.22. The number of ether oxygens (including phenoxy) is 2. The topological polar surface area (TPSA) is 42.0 Å². The first-order chi connectivity index (χ1) is 14.2. The van der Waals surface area contributed by atoms with Crippen molar-refractivity contribution in [1.29, 1.82) is 0 Å². The Balaban J connectivity index is 0.000000343. The van der Waals surface area contributed by atoms with Crippen molar-refractivity contribution in [2.24, 2.45) is 0 Å². The molecule has 0 aliphatic carbocycles. The number of rotatable bonds is 5. The lowest BCUT2D eigenvalue weighted by Crippen LogP contribution is -2.27. The molecule has 2 aromatic rings. The molecule has 0 radical (unpaired) electrons. The van der Waals surface area contributed by atoms with E-state index in [-0.39, 0.29) is 5.91 Å². The van der Waals surface area contributed by atoms with Gasteiger partial charge in [0.15, 0.2) is 0 Å². The van der Waals surface area contributed by atoms with Gasteiger partial charge < -0.3 is 19.3 Å². The van der Waals surface area contributed by atoms with Crippen LogP contribution in [0.1, 0.15) is 41.6 Å². The normalized spacial score (nSPS) is 16.3. The largest absolute Gasteiger partial charge is 0.497 e. The van der Waals surface area contributed by atoms with Gasteiger partial charge in [0.05, 0.1) is 7.11 Å². The first-order valence-electron chi connectivity index (χ1n) is 10.5. The SMILES string of the molecule is CN1CCCC1.COc1cccc(COc2ccc(C(=O)N3CCCC3)cc2)c1. The van der Waals surface area contributed by atoms with Crippen LogP contribution < -0.4 is 9.47 Å². The van der Waals surface area contributed by atoms with E-state index >= 15 is 0 Å². The highest BCUT2D eigenvalue weighted by Gasteiger charge is 2.19. The first-order valence-corrected chi connectivity index (χ1v) is 10.5. The van der Waals surface area contributed by atoms with Gasteiger partial charge in [-0.15, -0.1) is 0 Å². The number of likely N-dealkylation sites (tertiary alicyclic amines) is 2. The van der Waals surface area contributed by atoms with Gasteiger partial charge in [-0.2, -0.15) is 0 Å². The highest BCUT2D eigenvalue weighted by atomic mass is 16.5. The van der Waals surface area contributed by atoms with Crippen LogP contribution in [0.4, 0.5) is 0 Å². The van der Waals surface area contributed by atoms with Gasteiger partial charge in [-0.1, -0.05) is 12.1 Å². The Morgan fingerprint density at radius 3 is 2.14 bits per heavy atom. The third kappa shape index (κ3) is 6.50. The summed E-state index contributed by atoms with van der Waals surface area (Å²) in [5.41, 5.74) is 1.77. The van der Waals surface area contributed by atoms with Crippen LogP contribution in [0, 0.1) is 0 Å². The summed E-state index contributed by atoms with van der Waals surface area (Å²) in [6.07, 6.45) is 5.04. The van der Waals surface area contributed by atoms with Gasteiger partial charge in [-0.25, -0.2) is 0 Å². The van der Waals surface area contributed by atoms with E-state index in [2.05, 4.69) is 11.9 Å². The second kappa shape index (κ2) is 10.9. The van der Waals surface area contributed by atoms with Gasteiger partial charge in [0.2, 0.25) is 0 Å². The van der Waals surface area contributed by atoms with Crippen molar-refractivity contribution < 1.29 is 14.3 Å². The molecule has 0 N–H and O–H groups in total. The van der Waals surface area contributed by atoms with Gasteiger partial charge >= 0.3 is 0 Å². The summed E-state index contributed by atoms with van der Waals surface area (Å²) in [4.78, 5) is 16.5. The Labute approximate surface area is 174 Å². The van der Waals surface area contributed by atoms with Crippen LogP contribution in [0.3, 0.4) is 0 Å². The Hall–Kier alpha value is -2.53. The van der Waals surface area contributed by atoms with E-state index in [4.69, 9.17) is 9.47 Å². The highest BCUT2D eigenvalue weighted by Crippen LogP contribution is 2.19. The molecule has 4 rings (SSSR count). The van der Waals surface area contributed by atoms with Crippen molar-refractivity contribution in [3.05, 3.63) is 59.7 Å². The molecule has 1 amide bonds.